The zero-order valence-corrected chi connectivity index (χ0v) is 31.9. The highest BCUT2D eigenvalue weighted by Crippen LogP contribution is 2.45. The van der Waals surface area contributed by atoms with Gasteiger partial charge in [0.2, 0.25) is 5.95 Å². The molecule has 12 aromatic rings. The van der Waals surface area contributed by atoms with Crippen molar-refractivity contribution in [2.45, 2.75) is 0 Å². The van der Waals surface area contributed by atoms with Gasteiger partial charge in [-0.15, -0.1) is 11.3 Å². The second-order valence-corrected chi connectivity index (χ2v) is 15.7. The molecule has 270 valence electrons. The van der Waals surface area contributed by atoms with Crippen LogP contribution in [0, 0.1) is 0 Å². The summed E-state index contributed by atoms with van der Waals surface area (Å²) in [6.45, 7) is 0. The van der Waals surface area contributed by atoms with E-state index in [1.54, 1.807) is 0 Å². The molecule has 4 heterocycles. The van der Waals surface area contributed by atoms with Crippen LogP contribution in [0.4, 0.5) is 0 Å². The van der Waals surface area contributed by atoms with Crippen molar-refractivity contribution >= 4 is 75.0 Å². The van der Waals surface area contributed by atoms with Gasteiger partial charge in [-0.25, -0.2) is 9.97 Å². The Balaban J connectivity index is 1.11. The van der Waals surface area contributed by atoms with Gasteiger partial charge in [-0.3, -0.25) is 4.57 Å². The van der Waals surface area contributed by atoms with E-state index < -0.39 is 0 Å². The molecule has 0 aliphatic heterocycles. The van der Waals surface area contributed by atoms with E-state index in [1.807, 2.05) is 29.5 Å². The molecule has 0 radical (unpaired) electrons. The summed E-state index contributed by atoms with van der Waals surface area (Å²) in [5, 5.41) is 8.38. The van der Waals surface area contributed by atoms with Crippen LogP contribution < -0.4 is 0 Å². The molecule has 6 heteroatoms. The lowest BCUT2D eigenvalue weighted by Gasteiger charge is -2.15. The van der Waals surface area contributed by atoms with Gasteiger partial charge in [0, 0.05) is 69.4 Å². The molecule has 0 aliphatic rings. The smallest absolute Gasteiger partial charge is 0.238 e. The molecule has 0 fully saturated rings. The van der Waals surface area contributed by atoms with Gasteiger partial charge >= 0.3 is 0 Å². The Hall–Kier alpha value is -7.54. The van der Waals surface area contributed by atoms with E-state index in [-0.39, 0.29) is 0 Å². The molecule has 0 atom stereocenters. The molecule has 5 nitrogen and oxygen atoms in total. The van der Waals surface area contributed by atoms with Gasteiger partial charge in [0.25, 0.3) is 0 Å². The largest absolute Gasteiger partial charge is 0.278 e. The van der Waals surface area contributed by atoms with Gasteiger partial charge < -0.3 is 0 Å². The first-order valence-electron chi connectivity index (χ1n) is 19.4. The Morgan fingerprint density at radius 2 is 0.948 bits per heavy atom. The summed E-state index contributed by atoms with van der Waals surface area (Å²) in [4.78, 5) is 21.1. The SMILES string of the molecule is c1ccc(-c2nc(-c3cccc(-c4cccc5c4nc(-c4ccccc4)c4ccc6sc7ccccc7c6c45)c3)nc(-n3c4ccccc4c4ccccc43)n2)cc1. The minimum Gasteiger partial charge on any atom is -0.278 e. The fraction of sp³-hybridized carbons (Fsp3) is 0. The molecule has 0 bridgehead atoms. The molecule has 0 saturated carbocycles. The summed E-state index contributed by atoms with van der Waals surface area (Å²) in [7, 11) is 0. The first kappa shape index (κ1) is 32.7. The van der Waals surface area contributed by atoms with Crippen molar-refractivity contribution in [3.05, 3.63) is 188 Å². The average Bonchev–Trinajstić information content (AvgIpc) is 3.85. The van der Waals surface area contributed by atoms with Crippen LogP contribution in [0.2, 0.25) is 0 Å². The number of rotatable bonds is 5. The minimum atomic E-state index is 0.574. The zero-order valence-electron chi connectivity index (χ0n) is 31.0. The highest BCUT2D eigenvalue weighted by molar-refractivity contribution is 7.26. The topological polar surface area (TPSA) is 56.5 Å². The maximum atomic E-state index is 5.54. The molecule has 12 rings (SSSR count). The van der Waals surface area contributed by atoms with Crippen molar-refractivity contribution in [1.82, 2.24) is 24.5 Å². The molecule has 8 aromatic carbocycles. The quantitative estimate of drug-likeness (QED) is 0.164. The van der Waals surface area contributed by atoms with E-state index in [2.05, 4.69) is 174 Å². The maximum Gasteiger partial charge on any atom is 0.238 e. The second kappa shape index (κ2) is 13.0. The third-order valence-electron chi connectivity index (χ3n) is 11.2. The van der Waals surface area contributed by atoms with Gasteiger partial charge in [-0.05, 0) is 35.9 Å². The van der Waals surface area contributed by atoms with Crippen LogP contribution >= 0.6 is 11.3 Å². The van der Waals surface area contributed by atoms with Crippen LogP contribution in [0.3, 0.4) is 0 Å². The Bertz CT molecular complexity index is 3520. The highest BCUT2D eigenvalue weighted by atomic mass is 32.1. The van der Waals surface area contributed by atoms with Crippen molar-refractivity contribution in [1.29, 1.82) is 0 Å². The molecular formula is C52H31N5S. The number of hydrogen-bond donors (Lipinski definition) is 0. The maximum absolute atomic E-state index is 5.54. The van der Waals surface area contributed by atoms with E-state index in [0.29, 0.717) is 17.6 Å². The van der Waals surface area contributed by atoms with Crippen molar-refractivity contribution in [2.24, 2.45) is 0 Å². The first-order valence-corrected chi connectivity index (χ1v) is 20.2. The molecule has 0 saturated heterocycles. The number of fused-ring (bicyclic) bond motifs is 10. The highest BCUT2D eigenvalue weighted by Gasteiger charge is 2.20. The van der Waals surface area contributed by atoms with E-state index in [4.69, 9.17) is 19.9 Å². The summed E-state index contributed by atoms with van der Waals surface area (Å²) in [6, 6.07) is 66.0. The monoisotopic (exact) mass is 757 g/mol. The second-order valence-electron chi connectivity index (χ2n) is 14.6. The van der Waals surface area contributed by atoms with Gasteiger partial charge in [0.1, 0.15) is 0 Å². The third kappa shape index (κ3) is 5.09. The van der Waals surface area contributed by atoms with Crippen LogP contribution in [0.1, 0.15) is 0 Å². The lowest BCUT2D eigenvalue weighted by Crippen LogP contribution is -2.06. The van der Waals surface area contributed by atoms with E-state index in [1.165, 1.54) is 25.6 Å². The standard InChI is InChI=1S/C52H31N5S/c1-3-15-32(16-4-1)48-41-29-30-45-47(39-23-9-12-28-44(39)58-45)46(41)40-25-14-24-36(49(40)53-48)34-19-13-20-35(31-34)51-54-50(33-17-5-2-6-18-33)55-52(56-51)57-42-26-10-7-21-37(42)38-22-8-11-27-43(38)57/h1-31H. The number of nitrogens with zero attached hydrogens (tertiary/aromatic N) is 5. The first-order chi connectivity index (χ1) is 28.8. The van der Waals surface area contributed by atoms with Gasteiger partial charge in [0.05, 0.1) is 22.2 Å². The molecule has 0 spiro atoms. The van der Waals surface area contributed by atoms with Crippen LogP contribution in [0.15, 0.2) is 188 Å². The van der Waals surface area contributed by atoms with Crippen molar-refractivity contribution in [3.63, 3.8) is 0 Å². The van der Waals surface area contributed by atoms with Crippen LogP contribution in [0.25, 0.3) is 115 Å². The molecule has 4 aromatic heterocycles. The summed E-state index contributed by atoms with van der Waals surface area (Å²) < 4.78 is 4.72. The number of aromatic nitrogens is 5. The molecule has 0 unspecified atom stereocenters. The van der Waals surface area contributed by atoms with Crippen molar-refractivity contribution in [3.8, 4) is 51.1 Å². The Labute approximate surface area is 337 Å². The summed E-state index contributed by atoms with van der Waals surface area (Å²) in [5.74, 6) is 1.79. The fourth-order valence-corrected chi connectivity index (χ4v) is 9.77. The lowest BCUT2D eigenvalue weighted by atomic mass is 9.93. The zero-order chi connectivity index (χ0) is 38.2. The van der Waals surface area contributed by atoms with Crippen LogP contribution in [-0.4, -0.2) is 24.5 Å². The fourth-order valence-electron chi connectivity index (χ4n) is 8.65. The predicted octanol–water partition coefficient (Wildman–Crippen LogP) is 13.7. The molecular weight excluding hydrogens is 727 g/mol. The van der Waals surface area contributed by atoms with Crippen LogP contribution in [-0.2, 0) is 0 Å². The average molecular weight is 758 g/mol. The van der Waals surface area contributed by atoms with E-state index in [9.17, 15) is 0 Å². The summed E-state index contributed by atoms with van der Waals surface area (Å²) >= 11 is 1.85. The van der Waals surface area contributed by atoms with Gasteiger partial charge in [-0.1, -0.05) is 158 Å². The van der Waals surface area contributed by atoms with Gasteiger partial charge in [0.15, 0.2) is 11.6 Å². The number of benzene rings is 8. The lowest BCUT2D eigenvalue weighted by molar-refractivity contribution is 0.953. The summed E-state index contributed by atoms with van der Waals surface area (Å²) in [5.41, 5.74) is 9.03. The number of hydrogen-bond acceptors (Lipinski definition) is 5. The molecule has 58 heavy (non-hydrogen) atoms. The summed E-state index contributed by atoms with van der Waals surface area (Å²) in [6.07, 6.45) is 0. The van der Waals surface area contributed by atoms with Crippen molar-refractivity contribution in [2.75, 3.05) is 0 Å². The number of para-hydroxylation sites is 3. The Kier molecular flexibility index (Phi) is 7.33. The van der Waals surface area contributed by atoms with E-state index >= 15 is 0 Å². The van der Waals surface area contributed by atoms with E-state index in [0.717, 1.165) is 71.6 Å². The predicted molar refractivity (Wildman–Crippen MR) is 242 cm³/mol. The van der Waals surface area contributed by atoms with Crippen molar-refractivity contribution < 1.29 is 0 Å². The molecule has 0 N–H and O–H groups in total. The van der Waals surface area contributed by atoms with Crippen LogP contribution in [0.5, 0.6) is 0 Å². The Morgan fingerprint density at radius 1 is 0.362 bits per heavy atom. The Morgan fingerprint density at radius 3 is 1.71 bits per heavy atom. The molecule has 0 amide bonds. The number of thiophene rings is 1. The number of pyridine rings is 1. The minimum absolute atomic E-state index is 0.574. The third-order valence-corrected chi connectivity index (χ3v) is 12.4. The van der Waals surface area contributed by atoms with Gasteiger partial charge in [-0.2, -0.15) is 9.97 Å². The molecule has 0 aliphatic carbocycles. The normalized spacial score (nSPS) is 11.8.